The minimum atomic E-state index is -0.210. The van der Waals surface area contributed by atoms with Crippen molar-refractivity contribution in [2.45, 2.75) is 19.4 Å². The van der Waals surface area contributed by atoms with Crippen LogP contribution < -0.4 is 5.73 Å². The normalized spacial score (nSPS) is 12.4. The Hall–Kier alpha value is -1.67. The van der Waals surface area contributed by atoms with Gasteiger partial charge in [-0.15, -0.1) is 0 Å². The molecule has 0 amide bonds. The van der Waals surface area contributed by atoms with E-state index in [-0.39, 0.29) is 11.9 Å². The van der Waals surface area contributed by atoms with Crippen LogP contribution in [0.25, 0.3) is 11.1 Å². The van der Waals surface area contributed by atoms with E-state index in [2.05, 4.69) is 6.07 Å². The van der Waals surface area contributed by atoms with Crippen LogP contribution in [0.5, 0.6) is 0 Å². The molecule has 0 aliphatic heterocycles. The van der Waals surface area contributed by atoms with Gasteiger partial charge in [-0.1, -0.05) is 36.4 Å². The molecule has 0 saturated carbocycles. The predicted molar refractivity (Wildman–Crippen MR) is 69.2 cm³/mol. The lowest BCUT2D eigenvalue weighted by atomic mass is 9.96. The van der Waals surface area contributed by atoms with E-state index >= 15 is 0 Å². The van der Waals surface area contributed by atoms with Gasteiger partial charge >= 0.3 is 0 Å². The van der Waals surface area contributed by atoms with Gasteiger partial charge in [0.1, 0.15) is 5.82 Å². The van der Waals surface area contributed by atoms with Gasteiger partial charge in [-0.2, -0.15) is 0 Å². The number of halogens is 1. The van der Waals surface area contributed by atoms with Gasteiger partial charge in [0.05, 0.1) is 0 Å². The Bertz CT molecular complexity index is 489. The van der Waals surface area contributed by atoms with Crippen LogP contribution in [-0.2, 0) is 6.42 Å². The molecule has 2 rings (SSSR count). The van der Waals surface area contributed by atoms with Crippen molar-refractivity contribution in [2.24, 2.45) is 5.73 Å². The summed E-state index contributed by atoms with van der Waals surface area (Å²) in [6.45, 7) is 1.99. The Morgan fingerprint density at radius 2 is 1.71 bits per heavy atom. The molecule has 88 valence electrons. The largest absolute Gasteiger partial charge is 0.328 e. The number of hydrogen-bond donors (Lipinski definition) is 1. The second kappa shape index (κ2) is 5.11. The fourth-order valence-corrected chi connectivity index (χ4v) is 1.96. The second-order valence-corrected chi connectivity index (χ2v) is 4.35. The highest BCUT2D eigenvalue weighted by molar-refractivity contribution is 5.67. The van der Waals surface area contributed by atoms with E-state index in [1.807, 2.05) is 25.1 Å². The van der Waals surface area contributed by atoms with Crippen LogP contribution in [0.15, 0.2) is 48.5 Å². The average molecular weight is 229 g/mol. The summed E-state index contributed by atoms with van der Waals surface area (Å²) >= 11 is 0. The van der Waals surface area contributed by atoms with Crippen LogP contribution in [0.2, 0.25) is 0 Å². The van der Waals surface area contributed by atoms with Crippen LogP contribution in [0.3, 0.4) is 0 Å². The summed E-state index contributed by atoms with van der Waals surface area (Å²) < 4.78 is 12.9. The lowest BCUT2D eigenvalue weighted by molar-refractivity contribution is 0.628. The lowest BCUT2D eigenvalue weighted by Crippen LogP contribution is -2.18. The molecular weight excluding hydrogens is 213 g/mol. The molecule has 0 fully saturated rings. The zero-order chi connectivity index (χ0) is 12.3. The Kier molecular flexibility index (Phi) is 3.55. The van der Waals surface area contributed by atoms with Gasteiger partial charge in [0.2, 0.25) is 0 Å². The van der Waals surface area contributed by atoms with E-state index in [1.54, 1.807) is 12.1 Å². The van der Waals surface area contributed by atoms with Gasteiger partial charge in [-0.3, -0.25) is 0 Å². The Balaban J connectivity index is 2.40. The standard InChI is InChI=1S/C15H16FN/c1-11(17)10-13-4-2-3-5-15(13)12-6-8-14(16)9-7-12/h2-9,11H,10,17H2,1H3. The van der Waals surface area contributed by atoms with Crippen LogP contribution >= 0.6 is 0 Å². The van der Waals surface area contributed by atoms with Crippen LogP contribution in [-0.4, -0.2) is 6.04 Å². The smallest absolute Gasteiger partial charge is 0.123 e. The van der Waals surface area contributed by atoms with Crippen molar-refractivity contribution < 1.29 is 4.39 Å². The molecule has 1 unspecified atom stereocenters. The number of rotatable bonds is 3. The van der Waals surface area contributed by atoms with Crippen molar-refractivity contribution in [1.29, 1.82) is 0 Å². The SMILES string of the molecule is CC(N)Cc1ccccc1-c1ccc(F)cc1. The molecular formula is C15H16FN. The van der Waals surface area contributed by atoms with Crippen molar-refractivity contribution in [1.82, 2.24) is 0 Å². The van der Waals surface area contributed by atoms with E-state index in [9.17, 15) is 4.39 Å². The highest BCUT2D eigenvalue weighted by atomic mass is 19.1. The van der Waals surface area contributed by atoms with E-state index in [4.69, 9.17) is 5.73 Å². The van der Waals surface area contributed by atoms with Crippen LogP contribution in [0.4, 0.5) is 4.39 Å². The van der Waals surface area contributed by atoms with Crippen molar-refractivity contribution in [2.75, 3.05) is 0 Å². The quantitative estimate of drug-likeness (QED) is 0.857. The van der Waals surface area contributed by atoms with Gasteiger partial charge in [0.15, 0.2) is 0 Å². The molecule has 0 spiro atoms. The minimum Gasteiger partial charge on any atom is -0.328 e. The number of benzene rings is 2. The average Bonchev–Trinajstić information content (AvgIpc) is 2.30. The molecule has 1 nitrogen and oxygen atoms in total. The molecule has 0 bridgehead atoms. The zero-order valence-corrected chi connectivity index (χ0v) is 9.86. The third kappa shape index (κ3) is 2.92. The van der Waals surface area contributed by atoms with Gasteiger partial charge in [-0.25, -0.2) is 4.39 Å². The summed E-state index contributed by atoms with van der Waals surface area (Å²) in [6.07, 6.45) is 0.827. The van der Waals surface area contributed by atoms with Crippen molar-refractivity contribution >= 4 is 0 Å². The highest BCUT2D eigenvalue weighted by Crippen LogP contribution is 2.24. The topological polar surface area (TPSA) is 26.0 Å². The van der Waals surface area contributed by atoms with E-state index in [0.717, 1.165) is 17.5 Å². The first-order chi connectivity index (χ1) is 8.16. The fraction of sp³-hybridized carbons (Fsp3) is 0.200. The van der Waals surface area contributed by atoms with Crippen molar-refractivity contribution in [3.05, 3.63) is 59.9 Å². The maximum Gasteiger partial charge on any atom is 0.123 e. The number of nitrogens with two attached hydrogens (primary N) is 1. The minimum absolute atomic E-state index is 0.122. The zero-order valence-electron chi connectivity index (χ0n) is 9.86. The molecule has 1 atom stereocenters. The number of hydrogen-bond acceptors (Lipinski definition) is 1. The predicted octanol–water partition coefficient (Wildman–Crippen LogP) is 3.38. The van der Waals surface area contributed by atoms with Crippen LogP contribution in [0, 0.1) is 5.82 Å². The molecule has 0 saturated heterocycles. The van der Waals surface area contributed by atoms with Gasteiger partial charge < -0.3 is 5.73 Å². The lowest BCUT2D eigenvalue weighted by Gasteiger charge is -2.11. The highest BCUT2D eigenvalue weighted by Gasteiger charge is 2.06. The van der Waals surface area contributed by atoms with Gasteiger partial charge in [0, 0.05) is 6.04 Å². The maximum atomic E-state index is 12.9. The molecule has 17 heavy (non-hydrogen) atoms. The molecule has 0 aliphatic carbocycles. The summed E-state index contributed by atoms with van der Waals surface area (Å²) in [5, 5.41) is 0. The molecule has 2 aromatic rings. The summed E-state index contributed by atoms with van der Waals surface area (Å²) in [5.74, 6) is -0.210. The molecule has 2 aromatic carbocycles. The third-order valence-electron chi connectivity index (χ3n) is 2.71. The first-order valence-electron chi connectivity index (χ1n) is 5.76. The molecule has 0 aliphatic rings. The Labute approximate surface area is 101 Å². The van der Waals surface area contributed by atoms with Gasteiger partial charge in [-0.05, 0) is 42.2 Å². The summed E-state index contributed by atoms with van der Waals surface area (Å²) in [7, 11) is 0. The first-order valence-corrected chi connectivity index (χ1v) is 5.76. The molecule has 0 radical (unpaired) electrons. The first kappa shape index (κ1) is 11.8. The van der Waals surface area contributed by atoms with E-state index in [0.29, 0.717) is 0 Å². The van der Waals surface area contributed by atoms with E-state index in [1.165, 1.54) is 17.7 Å². The molecule has 2 heteroatoms. The summed E-state index contributed by atoms with van der Waals surface area (Å²) in [5.41, 5.74) is 9.20. The molecule has 0 aromatic heterocycles. The molecule has 0 heterocycles. The third-order valence-corrected chi connectivity index (χ3v) is 2.71. The van der Waals surface area contributed by atoms with Crippen molar-refractivity contribution in [3.8, 4) is 11.1 Å². The maximum absolute atomic E-state index is 12.9. The fourth-order valence-electron chi connectivity index (χ4n) is 1.96. The van der Waals surface area contributed by atoms with E-state index < -0.39 is 0 Å². The Morgan fingerprint density at radius 3 is 2.35 bits per heavy atom. The molecule has 2 N–H and O–H groups in total. The Morgan fingerprint density at radius 1 is 1.06 bits per heavy atom. The summed E-state index contributed by atoms with van der Waals surface area (Å²) in [6, 6.07) is 14.8. The second-order valence-electron chi connectivity index (χ2n) is 4.35. The monoisotopic (exact) mass is 229 g/mol. The van der Waals surface area contributed by atoms with Crippen molar-refractivity contribution in [3.63, 3.8) is 0 Å². The summed E-state index contributed by atoms with van der Waals surface area (Å²) in [4.78, 5) is 0. The van der Waals surface area contributed by atoms with Crippen LogP contribution in [0.1, 0.15) is 12.5 Å². The van der Waals surface area contributed by atoms with Gasteiger partial charge in [0.25, 0.3) is 0 Å².